The zero-order valence-corrected chi connectivity index (χ0v) is 25.3. The van der Waals surface area contributed by atoms with Crippen molar-refractivity contribution >= 4 is 62.6 Å². The van der Waals surface area contributed by atoms with Crippen LogP contribution in [0.3, 0.4) is 0 Å². The van der Waals surface area contributed by atoms with Crippen LogP contribution in [-0.2, 0) is 14.8 Å². The summed E-state index contributed by atoms with van der Waals surface area (Å²) in [6, 6.07) is 18.4. The molecule has 0 aliphatic rings. The van der Waals surface area contributed by atoms with E-state index in [1.807, 2.05) is 31.4 Å². The lowest BCUT2D eigenvalue weighted by atomic mass is 10.2. The molecular formula is C29H27Cl3N4O3S. The Bertz CT molecular complexity index is 1720. The molecule has 4 rings (SSSR count). The van der Waals surface area contributed by atoms with Crippen molar-refractivity contribution in [2.75, 3.05) is 10.8 Å². The zero-order valence-electron chi connectivity index (χ0n) is 22.2. The Labute approximate surface area is 249 Å². The monoisotopic (exact) mass is 616 g/mol. The van der Waals surface area contributed by atoms with Crippen molar-refractivity contribution < 1.29 is 13.2 Å². The number of halogens is 3. The van der Waals surface area contributed by atoms with Crippen molar-refractivity contribution in [2.24, 2.45) is 5.10 Å². The summed E-state index contributed by atoms with van der Waals surface area (Å²) in [5.74, 6) is -0.618. The Morgan fingerprint density at radius 2 is 1.57 bits per heavy atom. The molecule has 40 heavy (non-hydrogen) atoms. The summed E-state index contributed by atoms with van der Waals surface area (Å²) < 4.78 is 30.3. The van der Waals surface area contributed by atoms with Gasteiger partial charge in [-0.2, -0.15) is 5.10 Å². The molecule has 208 valence electrons. The maximum Gasteiger partial charge on any atom is 0.264 e. The van der Waals surface area contributed by atoms with Gasteiger partial charge in [0.15, 0.2) is 0 Å². The standard InChI is InChI=1S/C29H27Cl3N4O3S/c1-18-5-9-25(10-6-18)40(38,39)35(27-12-8-23(30)13-19(27)2)17-29(37)34-33-16-22-14-20(3)36(21(22)4)28-15-24(31)7-11-26(28)32/h5-16H,17H2,1-4H3,(H,34,37)/b33-16-. The maximum atomic E-state index is 13.6. The number of aryl methyl sites for hydroxylation is 3. The number of sulfonamides is 1. The molecule has 0 atom stereocenters. The summed E-state index contributed by atoms with van der Waals surface area (Å²) in [6.45, 7) is 6.92. The van der Waals surface area contributed by atoms with Crippen LogP contribution in [0.15, 0.2) is 76.7 Å². The van der Waals surface area contributed by atoms with Crippen LogP contribution in [-0.4, -0.2) is 31.7 Å². The van der Waals surface area contributed by atoms with E-state index in [2.05, 4.69) is 10.5 Å². The fraction of sp³-hybridized carbons (Fsp3) is 0.172. The fourth-order valence-corrected chi connectivity index (χ4v) is 6.40. The third-order valence-corrected chi connectivity index (χ3v) is 8.90. The van der Waals surface area contributed by atoms with E-state index in [0.29, 0.717) is 26.3 Å². The maximum absolute atomic E-state index is 13.6. The van der Waals surface area contributed by atoms with Crippen molar-refractivity contribution in [1.82, 2.24) is 9.99 Å². The highest BCUT2D eigenvalue weighted by Gasteiger charge is 2.28. The smallest absolute Gasteiger partial charge is 0.264 e. The van der Waals surface area contributed by atoms with Crippen LogP contribution in [0, 0.1) is 27.7 Å². The highest BCUT2D eigenvalue weighted by Crippen LogP contribution is 2.30. The summed E-state index contributed by atoms with van der Waals surface area (Å²) in [5.41, 5.74) is 7.50. The quantitative estimate of drug-likeness (QED) is 0.170. The van der Waals surface area contributed by atoms with Crippen LogP contribution in [0.4, 0.5) is 5.69 Å². The normalized spacial score (nSPS) is 11.7. The van der Waals surface area contributed by atoms with Gasteiger partial charge in [-0.1, -0.05) is 52.5 Å². The van der Waals surface area contributed by atoms with Crippen LogP contribution >= 0.6 is 34.8 Å². The first-order chi connectivity index (χ1) is 18.9. The number of anilines is 1. The SMILES string of the molecule is Cc1ccc(S(=O)(=O)N(CC(=O)N/N=C\c2cc(C)n(-c3cc(Cl)ccc3Cl)c2C)c2ccc(Cl)cc2C)cc1. The number of carbonyl (C=O) groups is 1. The van der Waals surface area contributed by atoms with Crippen molar-refractivity contribution in [3.05, 3.63) is 110 Å². The molecule has 1 N–H and O–H groups in total. The number of amides is 1. The predicted octanol–water partition coefficient (Wildman–Crippen LogP) is 7.02. The number of carbonyl (C=O) groups excluding carboxylic acids is 1. The van der Waals surface area contributed by atoms with Gasteiger partial charge in [0, 0.05) is 27.0 Å². The number of aromatic nitrogens is 1. The molecule has 1 aromatic heterocycles. The lowest BCUT2D eigenvalue weighted by Gasteiger charge is -2.25. The number of nitrogens with one attached hydrogen (secondary N) is 1. The van der Waals surface area contributed by atoms with Gasteiger partial charge < -0.3 is 4.57 Å². The third kappa shape index (κ3) is 6.36. The Kier molecular flexibility index (Phi) is 8.95. The van der Waals surface area contributed by atoms with Gasteiger partial charge in [-0.05, 0) is 87.9 Å². The summed E-state index contributed by atoms with van der Waals surface area (Å²) in [5, 5.41) is 5.65. The third-order valence-electron chi connectivity index (χ3n) is 6.34. The minimum atomic E-state index is -4.07. The van der Waals surface area contributed by atoms with Crippen molar-refractivity contribution in [3.8, 4) is 5.69 Å². The molecule has 1 amide bonds. The number of hydrazone groups is 1. The number of hydrogen-bond donors (Lipinski definition) is 1. The van der Waals surface area contributed by atoms with E-state index < -0.39 is 22.5 Å². The Hall–Kier alpha value is -3.30. The molecule has 0 spiro atoms. The van der Waals surface area contributed by atoms with E-state index in [0.717, 1.165) is 32.5 Å². The van der Waals surface area contributed by atoms with E-state index in [9.17, 15) is 13.2 Å². The molecule has 0 bridgehead atoms. The van der Waals surface area contributed by atoms with Crippen LogP contribution in [0.2, 0.25) is 15.1 Å². The van der Waals surface area contributed by atoms with Crippen molar-refractivity contribution in [2.45, 2.75) is 32.6 Å². The van der Waals surface area contributed by atoms with E-state index in [1.54, 1.807) is 55.5 Å². The first-order valence-electron chi connectivity index (χ1n) is 12.2. The predicted molar refractivity (Wildman–Crippen MR) is 163 cm³/mol. The van der Waals surface area contributed by atoms with Gasteiger partial charge in [-0.3, -0.25) is 9.10 Å². The lowest BCUT2D eigenvalue weighted by molar-refractivity contribution is -0.119. The molecule has 1 heterocycles. The zero-order chi connectivity index (χ0) is 29.2. The van der Waals surface area contributed by atoms with Gasteiger partial charge in [-0.15, -0.1) is 0 Å². The van der Waals surface area contributed by atoms with E-state index in [4.69, 9.17) is 34.8 Å². The number of rotatable bonds is 8. The molecule has 7 nitrogen and oxygen atoms in total. The Balaban J connectivity index is 1.59. The van der Waals surface area contributed by atoms with Crippen molar-refractivity contribution in [3.63, 3.8) is 0 Å². The summed E-state index contributed by atoms with van der Waals surface area (Å²) in [4.78, 5) is 13.1. The second kappa shape index (κ2) is 12.1. The average Bonchev–Trinajstić information content (AvgIpc) is 3.17. The molecule has 0 saturated heterocycles. The minimum absolute atomic E-state index is 0.0656. The second-order valence-corrected chi connectivity index (χ2v) is 12.4. The minimum Gasteiger partial charge on any atom is -0.316 e. The van der Waals surface area contributed by atoms with Crippen LogP contribution < -0.4 is 9.73 Å². The van der Waals surface area contributed by atoms with Crippen LogP contribution in [0.25, 0.3) is 5.69 Å². The highest BCUT2D eigenvalue weighted by atomic mass is 35.5. The summed E-state index contributed by atoms with van der Waals surface area (Å²) in [6.07, 6.45) is 1.50. The first-order valence-corrected chi connectivity index (χ1v) is 14.8. The van der Waals surface area contributed by atoms with Gasteiger partial charge in [0.05, 0.1) is 27.5 Å². The van der Waals surface area contributed by atoms with Crippen molar-refractivity contribution in [1.29, 1.82) is 0 Å². The van der Waals surface area contributed by atoms with Crippen LogP contribution in [0.1, 0.15) is 28.1 Å². The largest absolute Gasteiger partial charge is 0.316 e. The molecule has 3 aromatic carbocycles. The first kappa shape index (κ1) is 29.7. The fourth-order valence-electron chi connectivity index (χ4n) is 4.32. The van der Waals surface area contributed by atoms with E-state index >= 15 is 0 Å². The molecule has 0 saturated carbocycles. The number of benzene rings is 3. The molecule has 0 aliphatic heterocycles. The Morgan fingerprint density at radius 1 is 0.925 bits per heavy atom. The summed E-state index contributed by atoms with van der Waals surface area (Å²) in [7, 11) is -4.07. The number of hydrogen-bond acceptors (Lipinski definition) is 4. The molecule has 4 aromatic rings. The molecule has 0 unspecified atom stereocenters. The molecule has 0 aliphatic carbocycles. The second-order valence-electron chi connectivity index (χ2n) is 9.31. The van der Waals surface area contributed by atoms with Gasteiger partial charge in [0.1, 0.15) is 6.54 Å². The molecular weight excluding hydrogens is 591 g/mol. The molecule has 11 heteroatoms. The van der Waals surface area contributed by atoms with E-state index in [1.165, 1.54) is 18.3 Å². The molecule has 0 radical (unpaired) electrons. The highest BCUT2D eigenvalue weighted by molar-refractivity contribution is 7.92. The van der Waals surface area contributed by atoms with Crippen LogP contribution in [0.5, 0.6) is 0 Å². The molecule has 0 fully saturated rings. The number of nitrogens with zero attached hydrogens (tertiary/aromatic N) is 3. The average molecular weight is 618 g/mol. The van der Waals surface area contributed by atoms with Gasteiger partial charge >= 0.3 is 0 Å². The topological polar surface area (TPSA) is 83.8 Å². The summed E-state index contributed by atoms with van der Waals surface area (Å²) >= 11 is 18.7. The van der Waals surface area contributed by atoms with Gasteiger partial charge in [0.25, 0.3) is 15.9 Å². The van der Waals surface area contributed by atoms with E-state index in [-0.39, 0.29) is 4.90 Å². The van der Waals surface area contributed by atoms with Gasteiger partial charge in [0.2, 0.25) is 0 Å². The van der Waals surface area contributed by atoms with Gasteiger partial charge in [-0.25, -0.2) is 13.8 Å². The Morgan fingerprint density at radius 3 is 2.25 bits per heavy atom. The lowest BCUT2D eigenvalue weighted by Crippen LogP contribution is -2.40.